The van der Waals surface area contributed by atoms with Crippen LogP contribution in [0.1, 0.15) is 43.8 Å². The van der Waals surface area contributed by atoms with Gasteiger partial charge in [0, 0.05) is 16.6 Å². The molecule has 106 valence electrons. The minimum atomic E-state index is -0.506. The Hall–Kier alpha value is -0.280. The van der Waals surface area contributed by atoms with Gasteiger partial charge < -0.3 is 10.0 Å². The van der Waals surface area contributed by atoms with E-state index in [1.807, 2.05) is 6.07 Å². The Balaban J connectivity index is 1.87. The van der Waals surface area contributed by atoms with Crippen LogP contribution in [-0.2, 0) is 0 Å². The van der Waals surface area contributed by atoms with Gasteiger partial charge in [0.2, 0.25) is 0 Å². The summed E-state index contributed by atoms with van der Waals surface area (Å²) >= 11 is 12.0. The van der Waals surface area contributed by atoms with Gasteiger partial charge in [0.15, 0.2) is 0 Å². The van der Waals surface area contributed by atoms with Crippen LogP contribution in [-0.4, -0.2) is 29.6 Å². The van der Waals surface area contributed by atoms with Crippen LogP contribution in [0.2, 0.25) is 10.0 Å². The molecule has 1 saturated heterocycles. The van der Waals surface area contributed by atoms with Crippen molar-refractivity contribution < 1.29 is 5.11 Å². The molecule has 1 fully saturated rings. The zero-order valence-electron chi connectivity index (χ0n) is 11.1. The number of halogens is 2. The molecule has 0 aliphatic carbocycles. The van der Waals surface area contributed by atoms with Gasteiger partial charge in [-0.1, -0.05) is 42.1 Å². The second-order valence-corrected chi connectivity index (χ2v) is 6.07. The molecule has 1 aliphatic heterocycles. The lowest BCUT2D eigenvalue weighted by atomic mass is 10.1. The average molecular weight is 302 g/mol. The third-order valence-corrected chi connectivity index (χ3v) is 4.30. The molecule has 2 nitrogen and oxygen atoms in total. The van der Waals surface area contributed by atoms with Gasteiger partial charge in [0.25, 0.3) is 0 Å². The number of nitrogens with zero attached hydrogens (tertiary/aromatic N) is 1. The van der Waals surface area contributed by atoms with Gasteiger partial charge in [-0.2, -0.15) is 0 Å². The number of benzene rings is 1. The standard InChI is InChI=1S/C15H21Cl2NO/c16-12-5-6-13(14(17)11-12)15(19)7-10-18-8-3-1-2-4-9-18/h5-6,11,15,19H,1-4,7-10H2. The van der Waals surface area contributed by atoms with Crippen LogP contribution in [0.3, 0.4) is 0 Å². The highest BCUT2D eigenvalue weighted by molar-refractivity contribution is 6.35. The number of aliphatic hydroxyl groups is 1. The lowest BCUT2D eigenvalue weighted by molar-refractivity contribution is 0.143. The third-order valence-electron chi connectivity index (χ3n) is 3.74. The molecule has 0 amide bonds. The van der Waals surface area contributed by atoms with E-state index in [9.17, 15) is 5.11 Å². The molecule has 0 radical (unpaired) electrons. The minimum absolute atomic E-state index is 0.506. The number of aliphatic hydroxyl groups excluding tert-OH is 1. The van der Waals surface area contributed by atoms with Gasteiger partial charge in [-0.05, 0) is 50.0 Å². The highest BCUT2D eigenvalue weighted by Gasteiger charge is 2.15. The van der Waals surface area contributed by atoms with Crippen LogP contribution >= 0.6 is 23.2 Å². The molecule has 1 heterocycles. The molecule has 1 aliphatic rings. The van der Waals surface area contributed by atoms with E-state index in [0.29, 0.717) is 10.0 Å². The highest BCUT2D eigenvalue weighted by atomic mass is 35.5. The van der Waals surface area contributed by atoms with E-state index in [1.165, 1.54) is 25.7 Å². The van der Waals surface area contributed by atoms with Crippen molar-refractivity contribution in [3.8, 4) is 0 Å². The summed E-state index contributed by atoms with van der Waals surface area (Å²) < 4.78 is 0. The van der Waals surface area contributed by atoms with Crippen molar-refractivity contribution in [3.05, 3.63) is 33.8 Å². The summed E-state index contributed by atoms with van der Waals surface area (Å²) in [6, 6.07) is 5.28. The predicted octanol–water partition coefficient (Wildman–Crippen LogP) is 4.29. The summed E-state index contributed by atoms with van der Waals surface area (Å²) in [5.41, 5.74) is 0.779. The lowest BCUT2D eigenvalue weighted by Crippen LogP contribution is -2.26. The van der Waals surface area contributed by atoms with Gasteiger partial charge in [-0.15, -0.1) is 0 Å². The van der Waals surface area contributed by atoms with Crippen LogP contribution in [0.4, 0.5) is 0 Å². The SMILES string of the molecule is OC(CCN1CCCCCC1)c1ccc(Cl)cc1Cl. The van der Waals surface area contributed by atoms with Gasteiger partial charge in [0.1, 0.15) is 0 Å². The van der Waals surface area contributed by atoms with E-state index in [1.54, 1.807) is 12.1 Å². The zero-order valence-corrected chi connectivity index (χ0v) is 12.6. The monoisotopic (exact) mass is 301 g/mol. The minimum Gasteiger partial charge on any atom is -0.388 e. The van der Waals surface area contributed by atoms with Crippen LogP contribution in [0, 0.1) is 0 Å². The van der Waals surface area contributed by atoms with E-state index in [4.69, 9.17) is 23.2 Å². The van der Waals surface area contributed by atoms with Gasteiger partial charge in [-0.3, -0.25) is 0 Å². The van der Waals surface area contributed by atoms with E-state index < -0.39 is 6.10 Å². The molecule has 1 unspecified atom stereocenters. The normalized spacial score (nSPS) is 19.1. The van der Waals surface area contributed by atoms with E-state index >= 15 is 0 Å². The molecule has 0 saturated carbocycles. The van der Waals surface area contributed by atoms with Gasteiger partial charge in [0.05, 0.1) is 6.10 Å². The fourth-order valence-corrected chi connectivity index (χ4v) is 3.13. The number of hydrogen-bond donors (Lipinski definition) is 1. The first-order valence-corrected chi connectivity index (χ1v) is 7.78. The van der Waals surface area contributed by atoms with E-state index in [-0.39, 0.29) is 0 Å². The molecule has 2 rings (SSSR count). The van der Waals surface area contributed by atoms with Crippen LogP contribution < -0.4 is 0 Å². The van der Waals surface area contributed by atoms with Crippen molar-refractivity contribution in [1.29, 1.82) is 0 Å². The maximum Gasteiger partial charge on any atom is 0.0816 e. The molecule has 4 heteroatoms. The largest absolute Gasteiger partial charge is 0.388 e. The molecule has 19 heavy (non-hydrogen) atoms. The second-order valence-electron chi connectivity index (χ2n) is 5.23. The number of likely N-dealkylation sites (tertiary alicyclic amines) is 1. The van der Waals surface area contributed by atoms with Gasteiger partial charge in [-0.25, -0.2) is 0 Å². The van der Waals surface area contributed by atoms with Crippen LogP contribution in [0.25, 0.3) is 0 Å². The van der Waals surface area contributed by atoms with Crippen molar-refractivity contribution in [2.24, 2.45) is 0 Å². The summed E-state index contributed by atoms with van der Waals surface area (Å²) in [6.45, 7) is 3.24. The van der Waals surface area contributed by atoms with Crippen molar-refractivity contribution in [1.82, 2.24) is 4.90 Å². The van der Waals surface area contributed by atoms with E-state index in [0.717, 1.165) is 31.6 Å². The Morgan fingerprint density at radius 3 is 2.42 bits per heavy atom. The Kier molecular flexibility index (Phi) is 5.96. The smallest absolute Gasteiger partial charge is 0.0816 e. The molecule has 0 spiro atoms. The van der Waals surface area contributed by atoms with Crippen molar-refractivity contribution in [3.63, 3.8) is 0 Å². The number of rotatable bonds is 4. The molecule has 1 atom stereocenters. The van der Waals surface area contributed by atoms with Crippen LogP contribution in [0.15, 0.2) is 18.2 Å². The number of hydrogen-bond acceptors (Lipinski definition) is 2. The molecule has 1 aromatic carbocycles. The van der Waals surface area contributed by atoms with Crippen molar-refractivity contribution in [2.75, 3.05) is 19.6 Å². The van der Waals surface area contributed by atoms with Crippen LogP contribution in [0.5, 0.6) is 0 Å². The first kappa shape index (κ1) is 15.1. The molecule has 0 bridgehead atoms. The maximum atomic E-state index is 10.2. The highest BCUT2D eigenvalue weighted by Crippen LogP contribution is 2.28. The molecular formula is C15H21Cl2NO. The first-order chi connectivity index (χ1) is 9.16. The van der Waals surface area contributed by atoms with E-state index in [2.05, 4.69) is 4.90 Å². The first-order valence-electron chi connectivity index (χ1n) is 7.02. The second kappa shape index (κ2) is 7.49. The summed E-state index contributed by atoms with van der Waals surface area (Å²) in [6.07, 6.45) is 5.44. The maximum absolute atomic E-state index is 10.2. The Morgan fingerprint density at radius 2 is 1.79 bits per heavy atom. The summed E-state index contributed by atoms with van der Waals surface area (Å²) in [7, 11) is 0. The third kappa shape index (κ3) is 4.64. The Bertz CT molecular complexity index is 403. The summed E-state index contributed by atoms with van der Waals surface area (Å²) in [5, 5.41) is 11.4. The predicted molar refractivity (Wildman–Crippen MR) is 80.9 cm³/mol. The molecule has 0 aromatic heterocycles. The zero-order chi connectivity index (χ0) is 13.7. The molecule has 1 aromatic rings. The summed E-state index contributed by atoms with van der Waals surface area (Å²) in [5.74, 6) is 0. The molecular weight excluding hydrogens is 281 g/mol. The fourth-order valence-electron chi connectivity index (χ4n) is 2.59. The lowest BCUT2D eigenvalue weighted by Gasteiger charge is -2.22. The summed E-state index contributed by atoms with van der Waals surface area (Å²) in [4.78, 5) is 2.44. The Morgan fingerprint density at radius 1 is 1.11 bits per heavy atom. The quantitative estimate of drug-likeness (QED) is 0.896. The molecule has 1 N–H and O–H groups in total. The van der Waals surface area contributed by atoms with Crippen molar-refractivity contribution >= 4 is 23.2 Å². The van der Waals surface area contributed by atoms with Gasteiger partial charge >= 0.3 is 0 Å². The fraction of sp³-hybridized carbons (Fsp3) is 0.600. The topological polar surface area (TPSA) is 23.5 Å². The average Bonchev–Trinajstić information content (AvgIpc) is 2.64. The van der Waals surface area contributed by atoms with Crippen molar-refractivity contribution in [2.45, 2.75) is 38.2 Å². The Labute approximate surface area is 125 Å².